The molecule has 1 N–H and O–H groups in total. The second-order valence-corrected chi connectivity index (χ2v) is 3.70. The van der Waals surface area contributed by atoms with Crippen LogP contribution in [-0.4, -0.2) is 17.5 Å². The number of allylic oxidation sites excluding steroid dienone is 1. The van der Waals surface area contributed by atoms with Crippen LogP contribution in [0.1, 0.15) is 0 Å². The lowest BCUT2D eigenvalue weighted by molar-refractivity contribution is -0.417. The van der Waals surface area contributed by atoms with Crippen molar-refractivity contribution in [3.63, 3.8) is 0 Å². The monoisotopic (exact) mass is 238 g/mol. The summed E-state index contributed by atoms with van der Waals surface area (Å²) in [5, 5.41) is 13.0. The van der Waals surface area contributed by atoms with Crippen LogP contribution in [0.5, 0.6) is 0 Å². The molecule has 0 spiro atoms. The number of hydrogen-bond donors (Lipinski definition) is 1. The van der Waals surface area contributed by atoms with Gasteiger partial charge in [-0.15, -0.1) is 11.8 Å². The fourth-order valence-corrected chi connectivity index (χ4v) is 1.46. The van der Waals surface area contributed by atoms with E-state index in [4.69, 9.17) is 0 Å². The van der Waals surface area contributed by atoms with E-state index in [2.05, 4.69) is 5.32 Å². The van der Waals surface area contributed by atoms with Gasteiger partial charge in [0.1, 0.15) is 0 Å². The summed E-state index contributed by atoms with van der Waals surface area (Å²) in [7, 11) is 0. The van der Waals surface area contributed by atoms with Gasteiger partial charge >= 0.3 is 5.70 Å². The van der Waals surface area contributed by atoms with Crippen LogP contribution in [0, 0.1) is 10.1 Å². The molecule has 0 aliphatic rings. The molecule has 0 heterocycles. The molecule has 84 valence electrons. The Hall–Kier alpha value is -1.82. The first kappa shape index (κ1) is 12.3. The quantitative estimate of drug-likeness (QED) is 0.280. The van der Waals surface area contributed by atoms with Gasteiger partial charge in [0.15, 0.2) is 0 Å². The highest BCUT2D eigenvalue weighted by Crippen LogP contribution is 2.18. The van der Waals surface area contributed by atoms with E-state index in [-0.39, 0.29) is 6.29 Å². The van der Waals surface area contributed by atoms with Gasteiger partial charge in [-0.1, -0.05) is 6.07 Å². The maximum atomic E-state index is 10.3. The summed E-state index contributed by atoms with van der Waals surface area (Å²) >= 11 is 1.57. The Morgan fingerprint density at radius 1 is 1.56 bits per heavy atom. The first-order valence-electron chi connectivity index (χ1n) is 4.37. The lowest BCUT2D eigenvalue weighted by atomic mass is 10.3. The van der Waals surface area contributed by atoms with E-state index in [0.29, 0.717) is 5.69 Å². The van der Waals surface area contributed by atoms with Crippen LogP contribution in [0.3, 0.4) is 0 Å². The molecule has 0 atom stereocenters. The molecule has 6 heteroatoms. The molecule has 0 saturated heterocycles. The number of nitro groups is 1. The number of carbonyl (C=O) groups is 1. The van der Waals surface area contributed by atoms with Crippen LogP contribution in [0.2, 0.25) is 0 Å². The minimum absolute atomic E-state index is 0.200. The molecular weight excluding hydrogens is 228 g/mol. The van der Waals surface area contributed by atoms with Crippen LogP contribution >= 0.6 is 11.8 Å². The van der Waals surface area contributed by atoms with Gasteiger partial charge in [0.05, 0.1) is 11.1 Å². The number of thioether (sulfide) groups is 1. The smallest absolute Gasteiger partial charge is 0.324 e. The lowest BCUT2D eigenvalue weighted by Crippen LogP contribution is -2.02. The molecule has 16 heavy (non-hydrogen) atoms. The van der Waals surface area contributed by atoms with Crippen LogP contribution in [0.4, 0.5) is 5.69 Å². The largest absolute Gasteiger partial charge is 0.356 e. The number of benzene rings is 1. The van der Waals surface area contributed by atoms with Gasteiger partial charge in [-0.3, -0.25) is 14.9 Å². The van der Waals surface area contributed by atoms with Crippen LogP contribution in [0.25, 0.3) is 0 Å². The topological polar surface area (TPSA) is 72.2 Å². The number of hydrogen-bond acceptors (Lipinski definition) is 5. The van der Waals surface area contributed by atoms with Crippen molar-refractivity contribution >= 4 is 23.7 Å². The summed E-state index contributed by atoms with van der Waals surface area (Å²) in [6.45, 7) is 0. The summed E-state index contributed by atoms with van der Waals surface area (Å²) < 4.78 is 0. The third-order valence-electron chi connectivity index (χ3n) is 1.79. The van der Waals surface area contributed by atoms with Gasteiger partial charge in [-0.05, 0) is 24.5 Å². The normalized spacial score (nSPS) is 10.9. The second-order valence-electron chi connectivity index (χ2n) is 2.82. The molecule has 1 rings (SSSR count). The Balaban J connectivity index is 2.80. The molecule has 0 amide bonds. The molecule has 0 saturated carbocycles. The SMILES string of the molecule is CSc1cccc(N/C=C(\C=O)[N+](=O)[O-])c1. The first-order valence-corrected chi connectivity index (χ1v) is 5.60. The van der Waals surface area contributed by atoms with E-state index in [0.717, 1.165) is 11.1 Å². The molecule has 0 bridgehead atoms. The minimum Gasteiger partial charge on any atom is -0.356 e. The zero-order valence-electron chi connectivity index (χ0n) is 8.54. The van der Waals surface area contributed by atoms with Crippen molar-refractivity contribution in [2.75, 3.05) is 11.6 Å². The van der Waals surface area contributed by atoms with E-state index in [9.17, 15) is 14.9 Å². The summed E-state index contributed by atoms with van der Waals surface area (Å²) in [5.41, 5.74) is 0.197. The number of rotatable bonds is 5. The van der Waals surface area contributed by atoms with Crippen molar-refractivity contribution in [2.24, 2.45) is 0 Å². The van der Waals surface area contributed by atoms with Gasteiger partial charge in [0.2, 0.25) is 6.29 Å². The van der Waals surface area contributed by atoms with E-state index < -0.39 is 10.6 Å². The maximum absolute atomic E-state index is 10.3. The van der Waals surface area contributed by atoms with Crippen molar-refractivity contribution in [2.45, 2.75) is 4.90 Å². The highest BCUT2D eigenvalue weighted by molar-refractivity contribution is 7.98. The van der Waals surface area contributed by atoms with Crippen LogP contribution in [0.15, 0.2) is 41.1 Å². The number of nitrogens with one attached hydrogen (secondary N) is 1. The molecule has 5 nitrogen and oxygen atoms in total. The van der Waals surface area contributed by atoms with Gasteiger partial charge in [0.25, 0.3) is 0 Å². The lowest BCUT2D eigenvalue weighted by Gasteiger charge is -2.02. The third-order valence-corrected chi connectivity index (χ3v) is 2.51. The van der Waals surface area contributed by atoms with Gasteiger partial charge in [-0.2, -0.15) is 0 Å². The Morgan fingerprint density at radius 2 is 2.31 bits per heavy atom. The van der Waals surface area contributed by atoms with Crippen LogP contribution < -0.4 is 5.32 Å². The molecular formula is C10H10N2O3S. The van der Waals surface area contributed by atoms with Crippen molar-refractivity contribution in [1.82, 2.24) is 0 Å². The fraction of sp³-hybridized carbons (Fsp3) is 0.100. The first-order chi connectivity index (χ1) is 7.67. The van der Waals surface area contributed by atoms with Gasteiger partial charge in [0, 0.05) is 10.6 Å². The summed E-state index contributed by atoms with van der Waals surface area (Å²) in [5.74, 6) is 0. The summed E-state index contributed by atoms with van der Waals surface area (Å²) in [4.78, 5) is 21.0. The molecule has 0 fully saturated rings. The number of aldehydes is 1. The Labute approximate surface area is 96.7 Å². The molecule has 0 aliphatic carbocycles. The average molecular weight is 238 g/mol. The number of anilines is 1. The predicted octanol–water partition coefficient (Wildman–Crippen LogP) is 2.14. The zero-order valence-corrected chi connectivity index (χ0v) is 9.36. The van der Waals surface area contributed by atoms with E-state index >= 15 is 0 Å². The van der Waals surface area contributed by atoms with Crippen molar-refractivity contribution in [3.05, 3.63) is 46.3 Å². The standard InChI is InChI=1S/C10H10N2O3S/c1-16-10-4-2-3-8(5-10)11-6-9(7-13)12(14)15/h2-7,11H,1H3/b9-6+. The van der Waals surface area contributed by atoms with Crippen molar-refractivity contribution in [1.29, 1.82) is 0 Å². The van der Waals surface area contributed by atoms with E-state index in [1.807, 2.05) is 24.5 Å². The number of carbonyl (C=O) groups excluding carboxylic acids is 1. The Morgan fingerprint density at radius 3 is 2.88 bits per heavy atom. The minimum atomic E-state index is -0.738. The van der Waals surface area contributed by atoms with Crippen LogP contribution in [-0.2, 0) is 4.79 Å². The number of nitrogens with zero attached hydrogens (tertiary/aromatic N) is 1. The highest BCUT2D eigenvalue weighted by atomic mass is 32.2. The fourth-order valence-electron chi connectivity index (χ4n) is 1.000. The van der Waals surface area contributed by atoms with Crippen molar-refractivity contribution < 1.29 is 9.72 Å². The maximum Gasteiger partial charge on any atom is 0.324 e. The van der Waals surface area contributed by atoms with E-state index in [1.54, 1.807) is 17.8 Å². The molecule has 1 aromatic carbocycles. The Kier molecular flexibility index (Phi) is 4.53. The summed E-state index contributed by atoms with van der Waals surface area (Å²) in [6.07, 6.45) is 3.21. The third kappa shape index (κ3) is 3.39. The van der Waals surface area contributed by atoms with Gasteiger partial charge < -0.3 is 5.32 Å². The van der Waals surface area contributed by atoms with Crippen molar-refractivity contribution in [3.8, 4) is 0 Å². The molecule has 0 unspecified atom stereocenters. The molecule has 1 aromatic rings. The second kappa shape index (κ2) is 5.92. The predicted molar refractivity (Wildman–Crippen MR) is 63.0 cm³/mol. The van der Waals surface area contributed by atoms with E-state index in [1.165, 1.54) is 0 Å². The zero-order chi connectivity index (χ0) is 12.0. The molecule has 0 radical (unpaired) electrons. The Bertz CT molecular complexity index is 432. The molecule has 0 aromatic heterocycles. The van der Waals surface area contributed by atoms with Gasteiger partial charge in [-0.25, -0.2) is 0 Å². The molecule has 0 aliphatic heterocycles. The highest BCUT2D eigenvalue weighted by Gasteiger charge is 2.07. The summed E-state index contributed by atoms with van der Waals surface area (Å²) in [6, 6.07) is 7.35. The average Bonchev–Trinajstić information content (AvgIpc) is 2.29.